The second-order valence-electron chi connectivity index (χ2n) is 1.32. The van der Waals surface area contributed by atoms with Crippen molar-refractivity contribution in [3.63, 3.8) is 0 Å². The number of nitrogens with two attached hydrogens (primary N) is 1. The van der Waals surface area contributed by atoms with Crippen LogP contribution in [-0.4, -0.2) is 0 Å². The van der Waals surface area contributed by atoms with Crippen molar-refractivity contribution in [1.29, 1.82) is 0 Å². The topological polar surface area (TPSA) is 26.0 Å². The molecule has 0 aromatic heterocycles. The maximum absolute atomic E-state index is 5.04. The molecule has 1 aliphatic rings. The number of allylic oxidation sites excluding steroid dienone is 5. The Bertz CT molecular complexity index is 131. The third-order valence-corrected chi connectivity index (χ3v) is 0.829. The molecule has 2 N–H and O–H groups in total. The summed E-state index contributed by atoms with van der Waals surface area (Å²) < 4.78 is 0. The molecule has 1 nitrogen and oxygen atoms in total. The average Bonchev–Trinajstić information content (AvgIpc) is 2.14. The predicted octanol–water partition coefficient (Wildman–Crippen LogP) is -2.24. The molecule has 0 saturated heterocycles. The SMILES string of the molecule is N[C-]=C1C=CC=C1.[Li+]. The van der Waals surface area contributed by atoms with Gasteiger partial charge >= 0.3 is 18.9 Å². The van der Waals surface area contributed by atoms with E-state index in [9.17, 15) is 0 Å². The monoisotopic (exact) mass is 99.1 g/mol. The van der Waals surface area contributed by atoms with Crippen LogP contribution in [0.5, 0.6) is 0 Å². The molecular formula is C6H6LiN. The van der Waals surface area contributed by atoms with E-state index in [2.05, 4.69) is 6.20 Å². The molecule has 0 amide bonds. The van der Waals surface area contributed by atoms with Crippen LogP contribution in [-0.2, 0) is 0 Å². The van der Waals surface area contributed by atoms with Gasteiger partial charge < -0.3 is 5.73 Å². The van der Waals surface area contributed by atoms with Gasteiger partial charge in [0.1, 0.15) is 0 Å². The molecule has 2 heteroatoms. The second kappa shape index (κ2) is 3.60. The van der Waals surface area contributed by atoms with Crippen LogP contribution < -0.4 is 24.6 Å². The van der Waals surface area contributed by atoms with Crippen molar-refractivity contribution in [2.45, 2.75) is 0 Å². The van der Waals surface area contributed by atoms with Gasteiger partial charge in [-0.15, -0.1) is 18.4 Å². The number of hydrogen-bond acceptors (Lipinski definition) is 1. The summed E-state index contributed by atoms with van der Waals surface area (Å²) in [7, 11) is 0. The van der Waals surface area contributed by atoms with E-state index in [4.69, 9.17) is 5.73 Å². The Hall–Kier alpha value is -0.383. The van der Waals surface area contributed by atoms with Crippen LogP contribution in [0.4, 0.5) is 0 Å². The molecule has 1 rings (SSSR count). The first-order valence-electron chi connectivity index (χ1n) is 2.12. The largest absolute Gasteiger partial charge is 1.00 e. The summed E-state index contributed by atoms with van der Waals surface area (Å²) in [6.07, 6.45) is 10.2. The first-order chi connectivity index (χ1) is 3.43. The Morgan fingerprint density at radius 2 is 1.75 bits per heavy atom. The molecule has 36 valence electrons. The van der Waals surface area contributed by atoms with Crippen molar-refractivity contribution in [1.82, 2.24) is 0 Å². The maximum atomic E-state index is 5.04. The average molecular weight is 99.1 g/mol. The Morgan fingerprint density at radius 1 is 1.25 bits per heavy atom. The molecule has 0 aromatic rings. The van der Waals surface area contributed by atoms with Gasteiger partial charge in [-0.1, -0.05) is 0 Å². The minimum atomic E-state index is 0. The summed E-state index contributed by atoms with van der Waals surface area (Å²) in [5, 5.41) is 0. The Balaban J connectivity index is 0.000000490. The van der Waals surface area contributed by atoms with Gasteiger partial charge in [0.15, 0.2) is 0 Å². The van der Waals surface area contributed by atoms with Crippen LogP contribution in [0.15, 0.2) is 29.9 Å². The summed E-state index contributed by atoms with van der Waals surface area (Å²) in [4.78, 5) is 0. The van der Waals surface area contributed by atoms with E-state index in [1.165, 1.54) is 0 Å². The van der Waals surface area contributed by atoms with E-state index >= 15 is 0 Å². The first kappa shape index (κ1) is 7.62. The summed E-state index contributed by atoms with van der Waals surface area (Å²) in [6, 6.07) is 0. The van der Waals surface area contributed by atoms with Gasteiger partial charge in [0, 0.05) is 0 Å². The molecule has 0 fully saturated rings. The van der Waals surface area contributed by atoms with Crippen molar-refractivity contribution >= 4 is 0 Å². The Morgan fingerprint density at radius 3 is 2.00 bits per heavy atom. The smallest absolute Gasteiger partial charge is 0.458 e. The zero-order valence-electron chi connectivity index (χ0n) is 4.89. The summed E-state index contributed by atoms with van der Waals surface area (Å²) in [6.45, 7) is 0. The van der Waals surface area contributed by atoms with E-state index in [-0.39, 0.29) is 18.9 Å². The third kappa shape index (κ3) is 1.61. The van der Waals surface area contributed by atoms with E-state index in [1.54, 1.807) is 0 Å². The molecular weight excluding hydrogens is 93.0 g/mol. The van der Waals surface area contributed by atoms with Crippen LogP contribution >= 0.6 is 0 Å². The molecule has 0 unspecified atom stereocenters. The molecule has 0 atom stereocenters. The van der Waals surface area contributed by atoms with Gasteiger partial charge in [-0.2, -0.15) is 17.7 Å². The fraction of sp³-hybridized carbons (Fsp3) is 0. The van der Waals surface area contributed by atoms with Crippen LogP contribution in [0.2, 0.25) is 0 Å². The molecule has 0 aromatic carbocycles. The zero-order chi connectivity index (χ0) is 5.11. The first-order valence-corrected chi connectivity index (χ1v) is 2.12. The predicted molar refractivity (Wildman–Crippen MR) is 29.2 cm³/mol. The molecule has 0 radical (unpaired) electrons. The molecule has 1 aliphatic carbocycles. The molecule has 0 saturated carbocycles. The van der Waals surface area contributed by atoms with Crippen molar-refractivity contribution < 1.29 is 18.9 Å². The summed E-state index contributed by atoms with van der Waals surface area (Å²) in [5.41, 5.74) is 6.00. The van der Waals surface area contributed by atoms with Gasteiger partial charge in [0.25, 0.3) is 0 Å². The number of rotatable bonds is 0. The van der Waals surface area contributed by atoms with E-state index in [0.29, 0.717) is 0 Å². The van der Waals surface area contributed by atoms with Gasteiger partial charge in [0.05, 0.1) is 0 Å². The summed E-state index contributed by atoms with van der Waals surface area (Å²) >= 11 is 0. The molecule has 0 heterocycles. The normalized spacial score (nSPS) is 13.8. The van der Waals surface area contributed by atoms with Crippen molar-refractivity contribution in [2.24, 2.45) is 5.73 Å². The van der Waals surface area contributed by atoms with Gasteiger partial charge in [-0.3, -0.25) is 0 Å². The second-order valence-corrected chi connectivity index (χ2v) is 1.32. The fourth-order valence-electron chi connectivity index (χ4n) is 0.470. The van der Waals surface area contributed by atoms with Crippen LogP contribution in [0.1, 0.15) is 0 Å². The maximum Gasteiger partial charge on any atom is 1.00 e. The standard InChI is InChI=1S/C6H6N.Li/c7-5-6-3-1-2-4-6;/h1-4H,7H2;/q-1;+1. The summed E-state index contributed by atoms with van der Waals surface area (Å²) in [5.74, 6) is 0. The Labute approximate surface area is 61.1 Å². The molecule has 0 bridgehead atoms. The minimum absolute atomic E-state index is 0. The zero-order valence-corrected chi connectivity index (χ0v) is 4.89. The van der Waals surface area contributed by atoms with E-state index < -0.39 is 0 Å². The van der Waals surface area contributed by atoms with Crippen molar-refractivity contribution in [3.05, 3.63) is 36.1 Å². The van der Waals surface area contributed by atoms with E-state index in [1.807, 2.05) is 24.3 Å². The van der Waals surface area contributed by atoms with Crippen molar-refractivity contribution in [2.75, 3.05) is 0 Å². The minimum Gasteiger partial charge on any atom is -0.458 e. The van der Waals surface area contributed by atoms with Gasteiger partial charge in [0.2, 0.25) is 0 Å². The Kier molecular flexibility index (Phi) is 3.43. The van der Waals surface area contributed by atoms with Crippen LogP contribution in [0, 0.1) is 6.20 Å². The van der Waals surface area contributed by atoms with Crippen LogP contribution in [0.25, 0.3) is 0 Å². The van der Waals surface area contributed by atoms with Crippen LogP contribution in [0.3, 0.4) is 0 Å². The van der Waals surface area contributed by atoms with Crippen molar-refractivity contribution in [3.8, 4) is 0 Å². The van der Waals surface area contributed by atoms with Gasteiger partial charge in [-0.05, 0) is 0 Å². The fourth-order valence-corrected chi connectivity index (χ4v) is 0.470. The number of hydrogen-bond donors (Lipinski definition) is 1. The molecule has 0 spiro atoms. The third-order valence-electron chi connectivity index (χ3n) is 0.829. The molecule has 0 aliphatic heterocycles. The van der Waals surface area contributed by atoms with E-state index in [0.717, 1.165) is 5.57 Å². The molecule has 8 heavy (non-hydrogen) atoms. The quantitative estimate of drug-likeness (QED) is 0.207. The van der Waals surface area contributed by atoms with Gasteiger partial charge in [-0.25, -0.2) is 0 Å².